The van der Waals surface area contributed by atoms with Gasteiger partial charge in [-0.3, -0.25) is 4.79 Å². The van der Waals surface area contributed by atoms with Crippen molar-refractivity contribution in [1.82, 2.24) is 14.9 Å². The maximum atomic E-state index is 12.8. The van der Waals surface area contributed by atoms with Crippen LogP contribution in [-0.2, 0) is 10.0 Å². The monoisotopic (exact) mass is 399 g/mol. The Hall–Kier alpha value is -0.960. The molecule has 6 nitrogen and oxygen atoms in total. The summed E-state index contributed by atoms with van der Waals surface area (Å²) in [5.74, 6) is 0.394. The highest BCUT2D eigenvalue weighted by Crippen LogP contribution is 2.29. The summed E-state index contributed by atoms with van der Waals surface area (Å²) in [4.78, 5) is 12.9. The zero-order chi connectivity index (χ0) is 18.8. The Bertz CT molecular complexity index is 731. The van der Waals surface area contributed by atoms with Crippen LogP contribution in [0.5, 0.6) is 0 Å². The number of thiophene rings is 1. The normalized spacial score (nSPS) is 22.2. The minimum Gasteiger partial charge on any atom is -0.351 e. The Balaban J connectivity index is 1.62. The van der Waals surface area contributed by atoms with Gasteiger partial charge in [-0.15, -0.1) is 11.3 Å². The molecule has 8 heteroatoms. The molecule has 2 aliphatic heterocycles. The number of sulfonamides is 1. The van der Waals surface area contributed by atoms with Crippen molar-refractivity contribution < 1.29 is 13.2 Å². The highest BCUT2D eigenvalue weighted by atomic mass is 32.2. The maximum Gasteiger partial charge on any atom is 0.261 e. The Morgan fingerprint density at radius 3 is 2.62 bits per heavy atom. The van der Waals surface area contributed by atoms with Crippen molar-refractivity contribution in [3.05, 3.63) is 17.0 Å². The van der Waals surface area contributed by atoms with Crippen molar-refractivity contribution in [2.75, 3.05) is 32.7 Å². The van der Waals surface area contributed by atoms with E-state index in [0.29, 0.717) is 30.4 Å². The van der Waals surface area contributed by atoms with Crippen molar-refractivity contribution >= 4 is 27.3 Å². The molecule has 1 amide bonds. The van der Waals surface area contributed by atoms with Gasteiger partial charge in [-0.2, -0.15) is 4.31 Å². The molecule has 3 rings (SSSR count). The van der Waals surface area contributed by atoms with E-state index in [2.05, 4.69) is 24.5 Å². The van der Waals surface area contributed by atoms with Crippen LogP contribution in [0.25, 0.3) is 0 Å². The van der Waals surface area contributed by atoms with E-state index in [-0.39, 0.29) is 15.5 Å². The summed E-state index contributed by atoms with van der Waals surface area (Å²) in [6.45, 7) is 8.04. The lowest BCUT2D eigenvalue weighted by Crippen LogP contribution is -2.42. The molecule has 2 N–H and O–H groups in total. The van der Waals surface area contributed by atoms with Crippen molar-refractivity contribution in [3.63, 3.8) is 0 Å². The summed E-state index contributed by atoms with van der Waals surface area (Å²) >= 11 is 1.07. The molecule has 0 atom stereocenters. The predicted octanol–water partition coefficient (Wildman–Crippen LogP) is 2.29. The first kappa shape index (κ1) is 19.8. The van der Waals surface area contributed by atoms with Gasteiger partial charge in [-0.1, -0.05) is 13.8 Å². The third kappa shape index (κ3) is 4.47. The lowest BCUT2D eigenvalue weighted by Gasteiger charge is -2.34. The molecule has 0 aromatic carbocycles. The molecular weight excluding hydrogens is 370 g/mol. The maximum absolute atomic E-state index is 12.8. The fourth-order valence-electron chi connectivity index (χ4n) is 3.52. The Morgan fingerprint density at radius 2 is 1.96 bits per heavy atom. The number of nitrogens with one attached hydrogen (secondary N) is 2. The van der Waals surface area contributed by atoms with E-state index in [9.17, 15) is 13.2 Å². The van der Waals surface area contributed by atoms with Gasteiger partial charge in [0, 0.05) is 19.6 Å². The van der Waals surface area contributed by atoms with Gasteiger partial charge in [0.25, 0.3) is 15.9 Å². The average molecular weight is 400 g/mol. The molecule has 2 fully saturated rings. The second kappa shape index (κ2) is 7.96. The molecule has 2 saturated heterocycles. The molecule has 1 aromatic heterocycles. The van der Waals surface area contributed by atoms with Gasteiger partial charge in [0.2, 0.25) is 0 Å². The van der Waals surface area contributed by atoms with Crippen LogP contribution in [0.3, 0.4) is 0 Å². The van der Waals surface area contributed by atoms with Crippen LogP contribution in [0.2, 0.25) is 0 Å². The Kier molecular flexibility index (Phi) is 6.06. The second-order valence-corrected chi connectivity index (χ2v) is 11.2. The Morgan fingerprint density at radius 1 is 1.31 bits per heavy atom. The SMILES string of the molecule is CC1CCN(S(=O)(=O)c2ccc(C(=O)NCC3(C)CCNCC3)s2)CC1. The summed E-state index contributed by atoms with van der Waals surface area (Å²) in [5.41, 5.74) is 0.109. The van der Waals surface area contributed by atoms with Crippen LogP contribution in [0.15, 0.2) is 16.3 Å². The topological polar surface area (TPSA) is 78.5 Å². The van der Waals surface area contributed by atoms with Gasteiger partial charge in [-0.25, -0.2) is 8.42 Å². The second-order valence-electron chi connectivity index (χ2n) is 7.95. The first-order valence-electron chi connectivity index (χ1n) is 9.39. The van der Waals surface area contributed by atoms with E-state index >= 15 is 0 Å². The summed E-state index contributed by atoms with van der Waals surface area (Å²) in [6, 6.07) is 3.20. The molecule has 0 saturated carbocycles. The van der Waals surface area contributed by atoms with Crippen LogP contribution in [0.1, 0.15) is 49.2 Å². The van der Waals surface area contributed by atoms with Crippen molar-refractivity contribution in [1.29, 1.82) is 0 Å². The quantitative estimate of drug-likeness (QED) is 0.796. The molecule has 1 aromatic rings. The van der Waals surface area contributed by atoms with Crippen molar-refractivity contribution in [2.45, 2.75) is 43.7 Å². The van der Waals surface area contributed by atoms with E-state index < -0.39 is 10.0 Å². The highest BCUT2D eigenvalue weighted by Gasteiger charge is 2.31. The molecule has 2 aliphatic rings. The fraction of sp³-hybridized carbons (Fsp3) is 0.722. The number of piperidine rings is 2. The molecule has 0 unspecified atom stereocenters. The summed E-state index contributed by atoms with van der Waals surface area (Å²) in [6.07, 6.45) is 3.85. The van der Waals surface area contributed by atoms with Crippen molar-refractivity contribution in [3.8, 4) is 0 Å². The molecule has 0 spiro atoms. The van der Waals surface area contributed by atoms with E-state index in [1.807, 2.05) is 0 Å². The molecular formula is C18H29N3O3S2. The van der Waals surface area contributed by atoms with Crippen molar-refractivity contribution in [2.24, 2.45) is 11.3 Å². The molecule has 146 valence electrons. The summed E-state index contributed by atoms with van der Waals surface area (Å²) < 4.78 is 27.4. The molecule has 0 radical (unpaired) electrons. The third-order valence-corrected chi connectivity index (χ3v) is 9.08. The number of nitrogens with zero attached hydrogens (tertiary/aromatic N) is 1. The average Bonchev–Trinajstić information content (AvgIpc) is 3.12. The standard InChI is InChI=1S/C18H29N3O3S2/c1-14-5-11-21(12-6-14)26(23,24)16-4-3-15(25-16)17(22)20-13-18(2)7-9-19-10-8-18/h3-4,14,19H,5-13H2,1-2H3,(H,20,22). The van der Waals surface area contributed by atoms with Gasteiger partial charge in [0.1, 0.15) is 4.21 Å². The number of amides is 1. The number of carbonyl (C=O) groups excluding carboxylic acids is 1. The van der Waals surface area contributed by atoms with Gasteiger partial charge in [0.05, 0.1) is 4.88 Å². The molecule has 26 heavy (non-hydrogen) atoms. The first-order valence-corrected chi connectivity index (χ1v) is 11.6. The number of rotatable bonds is 5. The largest absolute Gasteiger partial charge is 0.351 e. The molecule has 3 heterocycles. The highest BCUT2D eigenvalue weighted by molar-refractivity contribution is 7.91. The van der Waals surface area contributed by atoms with Gasteiger partial charge < -0.3 is 10.6 Å². The predicted molar refractivity (Wildman–Crippen MR) is 104 cm³/mol. The van der Waals surface area contributed by atoms with E-state index in [1.54, 1.807) is 16.4 Å². The third-order valence-electron chi connectivity index (χ3n) is 5.63. The van der Waals surface area contributed by atoms with Gasteiger partial charge in [0.15, 0.2) is 0 Å². The van der Waals surface area contributed by atoms with Gasteiger partial charge >= 0.3 is 0 Å². The van der Waals surface area contributed by atoms with E-state index in [1.165, 1.54) is 0 Å². The lowest BCUT2D eigenvalue weighted by atomic mass is 9.81. The summed E-state index contributed by atoms with van der Waals surface area (Å²) in [5, 5.41) is 6.33. The first-order chi connectivity index (χ1) is 12.3. The van der Waals surface area contributed by atoms with Crippen LogP contribution in [0, 0.1) is 11.3 Å². The zero-order valence-electron chi connectivity index (χ0n) is 15.6. The number of hydrogen-bond acceptors (Lipinski definition) is 5. The Labute approximate surface area is 160 Å². The minimum atomic E-state index is -3.48. The van der Waals surface area contributed by atoms with Crippen LogP contribution < -0.4 is 10.6 Å². The molecule has 0 aliphatic carbocycles. The number of carbonyl (C=O) groups is 1. The van der Waals surface area contributed by atoms with Gasteiger partial charge in [-0.05, 0) is 62.2 Å². The van der Waals surface area contributed by atoms with E-state index in [4.69, 9.17) is 0 Å². The molecule has 0 bridgehead atoms. The number of hydrogen-bond donors (Lipinski definition) is 2. The summed E-state index contributed by atoms with van der Waals surface area (Å²) in [7, 11) is -3.48. The lowest BCUT2D eigenvalue weighted by molar-refractivity contribution is 0.0926. The minimum absolute atomic E-state index is 0.109. The van der Waals surface area contributed by atoms with Crippen LogP contribution >= 0.6 is 11.3 Å². The fourth-order valence-corrected chi connectivity index (χ4v) is 6.37. The smallest absolute Gasteiger partial charge is 0.261 e. The van der Waals surface area contributed by atoms with Crippen LogP contribution in [-0.4, -0.2) is 51.4 Å². The zero-order valence-corrected chi connectivity index (χ0v) is 17.2. The van der Waals surface area contributed by atoms with E-state index in [0.717, 1.165) is 50.1 Å². The van der Waals surface area contributed by atoms with Crippen LogP contribution in [0.4, 0.5) is 0 Å².